The Bertz CT molecular complexity index is 403. The summed E-state index contributed by atoms with van der Waals surface area (Å²) in [5.74, 6) is -1.68. The van der Waals surface area contributed by atoms with Crippen LogP contribution in [0.1, 0.15) is 26.2 Å². The van der Waals surface area contributed by atoms with Gasteiger partial charge in [0.1, 0.15) is 0 Å². The summed E-state index contributed by atoms with van der Waals surface area (Å²) in [6.45, 7) is 5.33. The van der Waals surface area contributed by atoms with Crippen LogP contribution in [0.4, 0.5) is 0 Å². The minimum Gasteiger partial charge on any atom is -0.445 e. The third-order valence-corrected chi connectivity index (χ3v) is 3.60. The number of amides is 2. The zero-order chi connectivity index (χ0) is 12.6. The Hall–Kier alpha value is -1.65. The number of imide groups is 1. The van der Waals surface area contributed by atoms with Crippen molar-refractivity contribution in [1.29, 1.82) is 0 Å². The average molecular weight is 237 g/mol. The van der Waals surface area contributed by atoms with Gasteiger partial charge in [0.2, 0.25) is 11.5 Å². The molecule has 2 rings (SSSR count). The molecule has 3 atom stereocenters. The third-order valence-electron chi connectivity index (χ3n) is 3.60. The van der Waals surface area contributed by atoms with Crippen molar-refractivity contribution in [2.45, 2.75) is 31.8 Å². The van der Waals surface area contributed by atoms with Gasteiger partial charge in [0.05, 0.1) is 5.92 Å². The Morgan fingerprint density at radius 2 is 2.29 bits per heavy atom. The van der Waals surface area contributed by atoms with Crippen LogP contribution in [0.25, 0.3) is 0 Å². The summed E-state index contributed by atoms with van der Waals surface area (Å²) < 4.78 is 5.19. The lowest BCUT2D eigenvalue weighted by molar-refractivity contribution is -0.171. The zero-order valence-corrected chi connectivity index (χ0v) is 9.69. The normalized spacial score (nSPS) is 36.1. The summed E-state index contributed by atoms with van der Waals surface area (Å²) in [4.78, 5) is 34.9. The first kappa shape index (κ1) is 11.8. The topological polar surface area (TPSA) is 72.5 Å². The van der Waals surface area contributed by atoms with E-state index in [9.17, 15) is 14.4 Å². The second-order valence-electron chi connectivity index (χ2n) is 4.77. The lowest BCUT2D eigenvalue weighted by atomic mass is 9.72. The number of carbonyl (C=O) groups is 3. The Kier molecular flexibility index (Phi) is 2.77. The van der Waals surface area contributed by atoms with Crippen LogP contribution in [-0.4, -0.2) is 23.4 Å². The van der Waals surface area contributed by atoms with Gasteiger partial charge in [-0.2, -0.15) is 0 Å². The molecule has 1 N–H and O–H groups in total. The Morgan fingerprint density at radius 1 is 1.59 bits per heavy atom. The molecule has 1 saturated heterocycles. The maximum Gasteiger partial charge on any atom is 0.331 e. The number of esters is 1. The molecule has 0 aromatic carbocycles. The molecule has 0 radical (unpaired) electrons. The van der Waals surface area contributed by atoms with Crippen LogP contribution in [-0.2, 0) is 19.1 Å². The highest BCUT2D eigenvalue weighted by atomic mass is 16.6. The standard InChI is InChI=1S/C12H15NO4/c1-3-9(14)17-12-5-4-7(2)6-8(12)10(15)13-11(12)16/h3,7-8H,1,4-6H2,2H3,(H,13,15,16). The molecule has 1 saturated carbocycles. The summed E-state index contributed by atoms with van der Waals surface area (Å²) in [6, 6.07) is 0. The molecule has 0 aromatic heterocycles. The van der Waals surface area contributed by atoms with Crippen LogP contribution < -0.4 is 5.32 Å². The van der Waals surface area contributed by atoms with Gasteiger partial charge in [-0.1, -0.05) is 13.5 Å². The largest absolute Gasteiger partial charge is 0.445 e. The van der Waals surface area contributed by atoms with E-state index < -0.39 is 23.4 Å². The first-order chi connectivity index (χ1) is 7.99. The van der Waals surface area contributed by atoms with Crippen LogP contribution in [0, 0.1) is 11.8 Å². The van der Waals surface area contributed by atoms with Crippen LogP contribution in [0.5, 0.6) is 0 Å². The summed E-state index contributed by atoms with van der Waals surface area (Å²) >= 11 is 0. The Balaban J connectivity index is 2.32. The van der Waals surface area contributed by atoms with Crippen molar-refractivity contribution in [1.82, 2.24) is 5.32 Å². The fraction of sp³-hybridized carbons (Fsp3) is 0.583. The van der Waals surface area contributed by atoms with E-state index in [0.717, 1.165) is 12.5 Å². The van der Waals surface area contributed by atoms with Gasteiger partial charge in [-0.05, 0) is 25.2 Å². The molecule has 2 amide bonds. The fourth-order valence-corrected chi connectivity index (χ4v) is 2.63. The van der Waals surface area contributed by atoms with Crippen molar-refractivity contribution in [3.05, 3.63) is 12.7 Å². The van der Waals surface area contributed by atoms with Gasteiger partial charge in [-0.3, -0.25) is 14.9 Å². The van der Waals surface area contributed by atoms with E-state index in [-0.39, 0.29) is 5.91 Å². The maximum absolute atomic E-state index is 11.9. The van der Waals surface area contributed by atoms with Crippen LogP contribution in [0.3, 0.4) is 0 Å². The lowest BCUT2D eigenvalue weighted by Gasteiger charge is -2.36. The monoisotopic (exact) mass is 237 g/mol. The Morgan fingerprint density at radius 3 is 2.94 bits per heavy atom. The molecule has 2 fully saturated rings. The van der Waals surface area contributed by atoms with Crippen molar-refractivity contribution in [2.75, 3.05) is 0 Å². The minimum absolute atomic E-state index is 0.335. The number of fused-ring (bicyclic) bond motifs is 1. The SMILES string of the molecule is C=CC(=O)OC12CCC(C)CC1C(=O)NC2=O. The summed E-state index contributed by atoms with van der Waals surface area (Å²) in [5, 5.41) is 2.26. The molecule has 5 nitrogen and oxygen atoms in total. The van der Waals surface area contributed by atoms with E-state index >= 15 is 0 Å². The molecule has 17 heavy (non-hydrogen) atoms. The Labute approximate surface area is 99.2 Å². The lowest BCUT2D eigenvalue weighted by Crippen LogP contribution is -2.49. The van der Waals surface area contributed by atoms with E-state index in [1.54, 1.807) is 0 Å². The predicted molar refractivity (Wildman–Crippen MR) is 58.7 cm³/mol. The molecule has 92 valence electrons. The van der Waals surface area contributed by atoms with Gasteiger partial charge in [0, 0.05) is 6.08 Å². The highest BCUT2D eigenvalue weighted by Gasteiger charge is 2.59. The molecular formula is C12H15NO4. The second-order valence-corrected chi connectivity index (χ2v) is 4.77. The van der Waals surface area contributed by atoms with E-state index in [4.69, 9.17) is 4.74 Å². The fourth-order valence-electron chi connectivity index (χ4n) is 2.63. The summed E-state index contributed by atoms with van der Waals surface area (Å²) in [5.41, 5.74) is -1.30. The van der Waals surface area contributed by atoms with Crippen molar-refractivity contribution >= 4 is 17.8 Å². The molecule has 1 aliphatic carbocycles. The molecule has 0 bridgehead atoms. The first-order valence-electron chi connectivity index (χ1n) is 5.70. The summed E-state index contributed by atoms with van der Waals surface area (Å²) in [7, 11) is 0. The molecule has 1 aliphatic heterocycles. The quantitative estimate of drug-likeness (QED) is 0.432. The maximum atomic E-state index is 11.9. The molecular weight excluding hydrogens is 222 g/mol. The van der Waals surface area contributed by atoms with Gasteiger partial charge in [-0.25, -0.2) is 4.79 Å². The predicted octanol–water partition coefficient (Wildman–Crippen LogP) is 0.547. The summed E-state index contributed by atoms with van der Waals surface area (Å²) in [6.07, 6.45) is 2.75. The van der Waals surface area contributed by atoms with Gasteiger partial charge in [0.25, 0.3) is 5.91 Å². The van der Waals surface area contributed by atoms with Crippen molar-refractivity contribution < 1.29 is 19.1 Å². The van der Waals surface area contributed by atoms with Crippen molar-refractivity contribution in [3.8, 4) is 0 Å². The van der Waals surface area contributed by atoms with Crippen molar-refractivity contribution in [2.24, 2.45) is 11.8 Å². The highest BCUT2D eigenvalue weighted by molar-refractivity contribution is 6.10. The number of carbonyl (C=O) groups excluding carboxylic acids is 3. The molecule has 0 aromatic rings. The first-order valence-corrected chi connectivity index (χ1v) is 5.70. The van der Waals surface area contributed by atoms with Crippen LogP contribution in [0.2, 0.25) is 0 Å². The number of nitrogens with one attached hydrogen (secondary N) is 1. The van der Waals surface area contributed by atoms with E-state index in [2.05, 4.69) is 11.9 Å². The molecule has 2 aliphatic rings. The number of hydrogen-bond donors (Lipinski definition) is 1. The smallest absolute Gasteiger partial charge is 0.331 e. The number of ether oxygens (including phenoxy) is 1. The zero-order valence-electron chi connectivity index (χ0n) is 9.69. The second kappa shape index (κ2) is 3.98. The molecule has 5 heteroatoms. The van der Waals surface area contributed by atoms with Crippen LogP contribution in [0.15, 0.2) is 12.7 Å². The molecule has 0 spiro atoms. The molecule has 3 unspecified atom stereocenters. The average Bonchev–Trinajstić information content (AvgIpc) is 2.52. The van der Waals surface area contributed by atoms with Gasteiger partial charge >= 0.3 is 5.97 Å². The third kappa shape index (κ3) is 1.75. The molecule has 1 heterocycles. The number of rotatable bonds is 2. The van der Waals surface area contributed by atoms with E-state index in [1.807, 2.05) is 6.92 Å². The van der Waals surface area contributed by atoms with Crippen molar-refractivity contribution in [3.63, 3.8) is 0 Å². The number of hydrogen-bond acceptors (Lipinski definition) is 4. The van der Waals surface area contributed by atoms with E-state index in [0.29, 0.717) is 18.8 Å². The van der Waals surface area contributed by atoms with Crippen LogP contribution >= 0.6 is 0 Å². The van der Waals surface area contributed by atoms with Gasteiger partial charge in [-0.15, -0.1) is 0 Å². The van der Waals surface area contributed by atoms with Gasteiger partial charge < -0.3 is 4.74 Å². The van der Waals surface area contributed by atoms with E-state index in [1.165, 1.54) is 0 Å². The minimum atomic E-state index is -1.30. The highest BCUT2D eigenvalue weighted by Crippen LogP contribution is 2.43. The van der Waals surface area contributed by atoms with Gasteiger partial charge in [0.15, 0.2) is 0 Å².